The second-order valence-corrected chi connectivity index (χ2v) is 8.68. The van der Waals surface area contributed by atoms with Gasteiger partial charge in [0.2, 0.25) is 10.0 Å². The summed E-state index contributed by atoms with van der Waals surface area (Å²) in [6, 6.07) is 2.90. The molecule has 10 heteroatoms. The Morgan fingerprint density at radius 3 is 2.62 bits per heavy atom. The Hall–Kier alpha value is -1.48. The van der Waals surface area contributed by atoms with Gasteiger partial charge >= 0.3 is 6.01 Å². The lowest BCUT2D eigenvalue weighted by molar-refractivity contribution is 0.119. The maximum absolute atomic E-state index is 13.0. The average Bonchev–Trinajstić information content (AvgIpc) is 2.60. The molecular weight excluding hydrogens is 404 g/mol. The Morgan fingerprint density at radius 1 is 1.23 bits per heavy atom. The lowest BCUT2D eigenvalue weighted by atomic mass is 10.1. The van der Waals surface area contributed by atoms with Gasteiger partial charge in [-0.1, -0.05) is 23.2 Å². The van der Waals surface area contributed by atoms with Crippen LogP contribution < -0.4 is 4.74 Å². The summed E-state index contributed by atoms with van der Waals surface area (Å²) in [5.74, 6) is -0.571. The van der Waals surface area contributed by atoms with Crippen LogP contribution in [-0.4, -0.2) is 41.9 Å². The molecule has 6 nitrogen and oxygen atoms in total. The monoisotopic (exact) mass is 419 g/mol. The molecule has 0 aliphatic carbocycles. The van der Waals surface area contributed by atoms with Gasteiger partial charge in [-0.15, -0.1) is 0 Å². The molecule has 3 rings (SSSR count). The molecule has 2 aromatic rings. The van der Waals surface area contributed by atoms with Crippen LogP contribution in [0.1, 0.15) is 18.4 Å². The van der Waals surface area contributed by atoms with Gasteiger partial charge in [0, 0.05) is 11.6 Å². The molecule has 0 unspecified atom stereocenters. The maximum Gasteiger partial charge on any atom is 0.316 e. The highest BCUT2D eigenvalue weighted by Crippen LogP contribution is 2.31. The van der Waals surface area contributed by atoms with Crippen molar-refractivity contribution in [2.75, 3.05) is 13.1 Å². The minimum absolute atomic E-state index is 0.0102. The molecule has 1 fully saturated rings. The van der Waals surface area contributed by atoms with Crippen LogP contribution in [0.5, 0.6) is 6.01 Å². The fraction of sp³-hybridized carbons (Fsp3) is 0.375. The van der Waals surface area contributed by atoms with Gasteiger partial charge in [0.15, 0.2) is 5.82 Å². The molecule has 1 aliphatic rings. The number of benzene rings is 1. The maximum atomic E-state index is 13.0. The minimum Gasteiger partial charge on any atom is -0.459 e. The highest BCUT2D eigenvalue weighted by Gasteiger charge is 2.33. The molecule has 0 N–H and O–H groups in total. The van der Waals surface area contributed by atoms with Gasteiger partial charge in [0.1, 0.15) is 11.0 Å². The number of aryl methyl sites for hydroxylation is 1. The van der Waals surface area contributed by atoms with Crippen LogP contribution in [0.2, 0.25) is 10.0 Å². The Labute approximate surface area is 161 Å². The van der Waals surface area contributed by atoms with Gasteiger partial charge in [0.05, 0.1) is 24.0 Å². The number of ether oxygens (including phenoxy) is 1. The number of rotatable bonds is 4. The second-order valence-electron chi connectivity index (χ2n) is 5.96. The zero-order valence-corrected chi connectivity index (χ0v) is 16.2. The molecule has 0 spiro atoms. The molecule has 0 radical (unpaired) electrons. The van der Waals surface area contributed by atoms with Crippen LogP contribution in [0.15, 0.2) is 29.4 Å². The van der Waals surface area contributed by atoms with Crippen LogP contribution in [0.4, 0.5) is 4.39 Å². The summed E-state index contributed by atoms with van der Waals surface area (Å²) in [4.78, 5) is 7.50. The number of aromatic nitrogens is 2. The molecule has 1 saturated heterocycles. The first-order valence-electron chi connectivity index (χ1n) is 7.87. The Kier molecular flexibility index (Phi) is 5.67. The summed E-state index contributed by atoms with van der Waals surface area (Å²) >= 11 is 12.1. The first kappa shape index (κ1) is 19.3. The Balaban J connectivity index is 1.80. The van der Waals surface area contributed by atoms with Gasteiger partial charge in [-0.25, -0.2) is 22.8 Å². The fourth-order valence-corrected chi connectivity index (χ4v) is 5.01. The molecule has 140 valence electrons. The van der Waals surface area contributed by atoms with E-state index in [1.807, 2.05) is 0 Å². The van der Waals surface area contributed by atoms with Crippen molar-refractivity contribution >= 4 is 33.2 Å². The van der Waals surface area contributed by atoms with E-state index >= 15 is 0 Å². The molecule has 1 atom stereocenters. The van der Waals surface area contributed by atoms with Crippen molar-refractivity contribution in [1.82, 2.24) is 14.3 Å². The van der Waals surface area contributed by atoms with Crippen LogP contribution in [0.3, 0.4) is 0 Å². The molecule has 1 aromatic carbocycles. The van der Waals surface area contributed by atoms with Crippen molar-refractivity contribution in [2.24, 2.45) is 0 Å². The minimum atomic E-state index is -3.80. The molecule has 1 aliphatic heterocycles. The second kappa shape index (κ2) is 7.64. The van der Waals surface area contributed by atoms with E-state index in [9.17, 15) is 12.8 Å². The highest BCUT2D eigenvalue weighted by molar-refractivity contribution is 7.89. The van der Waals surface area contributed by atoms with E-state index in [0.717, 1.165) is 12.4 Å². The lowest BCUT2D eigenvalue weighted by Gasteiger charge is -2.31. The molecular formula is C16H16Cl2FN3O3S. The number of nitrogens with zero attached hydrogens (tertiary/aromatic N) is 3. The molecule has 0 saturated carbocycles. The summed E-state index contributed by atoms with van der Waals surface area (Å²) in [5.41, 5.74) is 0.624. The largest absolute Gasteiger partial charge is 0.459 e. The number of piperidine rings is 1. The predicted molar refractivity (Wildman–Crippen MR) is 95.6 cm³/mol. The van der Waals surface area contributed by atoms with E-state index in [-0.39, 0.29) is 22.5 Å². The first-order valence-corrected chi connectivity index (χ1v) is 10.1. The van der Waals surface area contributed by atoms with Crippen molar-refractivity contribution in [1.29, 1.82) is 0 Å². The first-order chi connectivity index (χ1) is 12.3. The van der Waals surface area contributed by atoms with Crippen molar-refractivity contribution in [2.45, 2.75) is 30.8 Å². The SMILES string of the molecule is Cc1cc(S(=O)(=O)N2CCC[C@H](Oc3ncc(F)cn3)C2)c(Cl)cc1Cl. The average molecular weight is 420 g/mol. The summed E-state index contributed by atoms with van der Waals surface area (Å²) < 4.78 is 45.7. The van der Waals surface area contributed by atoms with Gasteiger partial charge in [-0.05, 0) is 37.5 Å². The van der Waals surface area contributed by atoms with Crippen molar-refractivity contribution in [3.63, 3.8) is 0 Å². The fourth-order valence-electron chi connectivity index (χ4n) is 2.70. The normalized spacial score (nSPS) is 18.7. The zero-order valence-electron chi connectivity index (χ0n) is 13.8. The van der Waals surface area contributed by atoms with Gasteiger partial charge in [-0.2, -0.15) is 4.31 Å². The summed E-state index contributed by atoms with van der Waals surface area (Å²) in [5, 5.41) is 0.479. The standard InChI is InChI=1S/C16H16Cl2FN3O3S/c1-10-5-15(14(18)6-13(10)17)26(23,24)22-4-2-3-12(9-22)25-16-20-7-11(19)8-21-16/h5-8,12H,2-4,9H2,1H3/t12-/m0/s1. The summed E-state index contributed by atoms with van der Waals surface area (Å²) in [6.45, 7) is 2.19. The number of hydrogen-bond donors (Lipinski definition) is 0. The molecule has 0 amide bonds. The van der Waals surface area contributed by atoms with E-state index in [1.165, 1.54) is 16.4 Å². The van der Waals surface area contributed by atoms with Gasteiger partial charge in [-0.3, -0.25) is 0 Å². The molecule has 0 bridgehead atoms. The Morgan fingerprint density at radius 2 is 1.92 bits per heavy atom. The van der Waals surface area contributed by atoms with E-state index in [4.69, 9.17) is 27.9 Å². The third-order valence-electron chi connectivity index (χ3n) is 4.04. The zero-order chi connectivity index (χ0) is 18.9. The molecule has 26 heavy (non-hydrogen) atoms. The topological polar surface area (TPSA) is 72.4 Å². The Bertz CT molecular complexity index is 910. The van der Waals surface area contributed by atoms with Crippen LogP contribution in [0, 0.1) is 12.7 Å². The number of halogens is 3. The van der Waals surface area contributed by atoms with E-state index in [0.29, 0.717) is 30.0 Å². The number of sulfonamides is 1. The third kappa shape index (κ3) is 4.09. The summed E-state index contributed by atoms with van der Waals surface area (Å²) in [6.07, 6.45) is 2.80. The third-order valence-corrected chi connectivity index (χ3v) is 6.78. The lowest BCUT2D eigenvalue weighted by Crippen LogP contribution is -2.44. The number of hydrogen-bond acceptors (Lipinski definition) is 5. The van der Waals surface area contributed by atoms with E-state index < -0.39 is 21.9 Å². The molecule has 1 aromatic heterocycles. The van der Waals surface area contributed by atoms with E-state index in [1.54, 1.807) is 6.92 Å². The quantitative estimate of drug-likeness (QED) is 0.758. The summed E-state index contributed by atoms with van der Waals surface area (Å²) in [7, 11) is -3.80. The van der Waals surface area contributed by atoms with Crippen LogP contribution >= 0.6 is 23.2 Å². The van der Waals surface area contributed by atoms with Crippen LogP contribution in [0.25, 0.3) is 0 Å². The van der Waals surface area contributed by atoms with Crippen molar-refractivity contribution < 1.29 is 17.5 Å². The van der Waals surface area contributed by atoms with Crippen molar-refractivity contribution in [3.8, 4) is 6.01 Å². The smallest absolute Gasteiger partial charge is 0.316 e. The predicted octanol–water partition coefficient (Wildman–Crippen LogP) is 3.46. The van der Waals surface area contributed by atoms with Crippen molar-refractivity contribution in [3.05, 3.63) is 46.0 Å². The van der Waals surface area contributed by atoms with E-state index in [2.05, 4.69) is 9.97 Å². The molecule has 2 heterocycles. The highest BCUT2D eigenvalue weighted by atomic mass is 35.5. The van der Waals surface area contributed by atoms with Gasteiger partial charge in [0.25, 0.3) is 0 Å². The van der Waals surface area contributed by atoms with Crippen LogP contribution in [-0.2, 0) is 10.0 Å². The van der Waals surface area contributed by atoms with Gasteiger partial charge < -0.3 is 4.74 Å².